The summed E-state index contributed by atoms with van der Waals surface area (Å²) in [6, 6.07) is 1.42. The number of hydrogen-bond acceptors (Lipinski definition) is 6. The van der Waals surface area contributed by atoms with Crippen molar-refractivity contribution in [3.63, 3.8) is 0 Å². The Bertz CT molecular complexity index is 484. The van der Waals surface area contributed by atoms with Crippen LogP contribution < -0.4 is 4.90 Å². The van der Waals surface area contributed by atoms with Crippen LogP contribution in [0.3, 0.4) is 0 Å². The Balaban J connectivity index is 2.35. The summed E-state index contributed by atoms with van der Waals surface area (Å²) in [7, 11) is 0. The molecule has 0 amide bonds. The van der Waals surface area contributed by atoms with Crippen LogP contribution in [0.2, 0.25) is 0 Å². The molecular weight excluding hydrogens is 268 g/mol. The zero-order chi connectivity index (χ0) is 14.2. The van der Waals surface area contributed by atoms with E-state index in [1.807, 2.05) is 4.90 Å². The SMILES string of the molecule is C[C@H](O)c1cc([N+](=O)[O-])c(N2CCCC(C)(O)C2)s1. The maximum absolute atomic E-state index is 11.1. The number of thiophene rings is 1. The second-order valence-corrected chi connectivity index (χ2v) is 6.36. The molecule has 7 heteroatoms. The van der Waals surface area contributed by atoms with Gasteiger partial charge in [0.2, 0.25) is 0 Å². The molecule has 1 aliphatic rings. The first-order valence-corrected chi connectivity index (χ1v) is 7.05. The van der Waals surface area contributed by atoms with Gasteiger partial charge >= 0.3 is 5.69 Å². The second kappa shape index (κ2) is 5.07. The Hall–Kier alpha value is -1.18. The lowest BCUT2D eigenvalue weighted by Gasteiger charge is -2.37. The third-order valence-electron chi connectivity index (χ3n) is 3.28. The first kappa shape index (κ1) is 14.2. The van der Waals surface area contributed by atoms with Crippen LogP contribution in [0.25, 0.3) is 0 Å². The zero-order valence-corrected chi connectivity index (χ0v) is 11.8. The van der Waals surface area contributed by atoms with Gasteiger partial charge in [0.05, 0.1) is 16.6 Å². The predicted molar refractivity (Wildman–Crippen MR) is 73.7 cm³/mol. The van der Waals surface area contributed by atoms with Crippen LogP contribution in [-0.2, 0) is 0 Å². The summed E-state index contributed by atoms with van der Waals surface area (Å²) in [6.45, 7) is 4.41. The summed E-state index contributed by atoms with van der Waals surface area (Å²) in [5.41, 5.74) is -0.806. The van der Waals surface area contributed by atoms with Crippen molar-refractivity contribution in [3.8, 4) is 0 Å². The Kier molecular flexibility index (Phi) is 3.80. The number of piperidine rings is 1. The van der Waals surface area contributed by atoms with Gasteiger partial charge < -0.3 is 15.1 Å². The van der Waals surface area contributed by atoms with Gasteiger partial charge in [-0.15, -0.1) is 11.3 Å². The Morgan fingerprint density at radius 2 is 2.32 bits per heavy atom. The Labute approximate surface area is 115 Å². The average Bonchev–Trinajstić information content (AvgIpc) is 2.72. The van der Waals surface area contributed by atoms with E-state index in [0.717, 1.165) is 6.42 Å². The van der Waals surface area contributed by atoms with E-state index in [1.165, 1.54) is 17.4 Å². The molecule has 0 saturated carbocycles. The molecule has 2 heterocycles. The van der Waals surface area contributed by atoms with Gasteiger partial charge in [-0.3, -0.25) is 10.1 Å². The number of β-amino-alcohol motifs (C(OH)–C–C–N with tert-alkyl or cyclic N) is 1. The quantitative estimate of drug-likeness (QED) is 0.656. The van der Waals surface area contributed by atoms with Crippen LogP contribution in [0.1, 0.15) is 37.7 Å². The molecule has 0 aliphatic carbocycles. The molecule has 1 aromatic rings. The monoisotopic (exact) mass is 286 g/mol. The number of nitrogens with zero attached hydrogens (tertiary/aromatic N) is 2. The van der Waals surface area contributed by atoms with Gasteiger partial charge in [0.1, 0.15) is 0 Å². The highest BCUT2D eigenvalue weighted by Gasteiger charge is 2.33. The van der Waals surface area contributed by atoms with Gasteiger partial charge in [-0.05, 0) is 26.7 Å². The van der Waals surface area contributed by atoms with Crippen molar-refractivity contribution in [1.29, 1.82) is 0 Å². The molecule has 106 valence electrons. The molecule has 1 saturated heterocycles. The van der Waals surface area contributed by atoms with Crippen LogP contribution in [0.5, 0.6) is 0 Å². The molecule has 0 spiro atoms. The minimum atomic E-state index is -0.818. The Morgan fingerprint density at radius 3 is 2.84 bits per heavy atom. The highest BCUT2D eigenvalue weighted by Crippen LogP contribution is 2.41. The van der Waals surface area contributed by atoms with Crippen molar-refractivity contribution >= 4 is 22.0 Å². The standard InChI is InChI=1S/C12H18N2O4S/c1-8(15)10-6-9(14(17)18)11(19-10)13-5-3-4-12(2,16)7-13/h6,8,15-16H,3-5,7H2,1-2H3/t8-,12?/m0/s1. The molecule has 1 aliphatic heterocycles. The van der Waals surface area contributed by atoms with E-state index in [-0.39, 0.29) is 5.69 Å². The van der Waals surface area contributed by atoms with Gasteiger partial charge in [0, 0.05) is 24.0 Å². The summed E-state index contributed by atoms with van der Waals surface area (Å²) in [5.74, 6) is 0. The lowest BCUT2D eigenvalue weighted by atomic mass is 9.95. The van der Waals surface area contributed by atoms with E-state index >= 15 is 0 Å². The molecule has 2 rings (SSSR count). The molecule has 19 heavy (non-hydrogen) atoms. The molecule has 0 bridgehead atoms. The van der Waals surface area contributed by atoms with Crippen molar-refractivity contribution in [2.75, 3.05) is 18.0 Å². The Morgan fingerprint density at radius 1 is 1.63 bits per heavy atom. The maximum atomic E-state index is 11.1. The second-order valence-electron chi connectivity index (χ2n) is 5.29. The van der Waals surface area contributed by atoms with Crippen LogP contribution in [0.15, 0.2) is 6.07 Å². The van der Waals surface area contributed by atoms with E-state index in [4.69, 9.17) is 0 Å². The highest BCUT2D eigenvalue weighted by atomic mass is 32.1. The number of rotatable bonds is 3. The summed E-state index contributed by atoms with van der Waals surface area (Å²) in [4.78, 5) is 13.1. The first-order valence-electron chi connectivity index (χ1n) is 6.24. The number of nitro groups is 1. The maximum Gasteiger partial charge on any atom is 0.304 e. The number of aliphatic hydroxyl groups excluding tert-OH is 1. The topological polar surface area (TPSA) is 86.8 Å². The van der Waals surface area contributed by atoms with E-state index in [0.29, 0.717) is 29.4 Å². The number of hydrogen-bond donors (Lipinski definition) is 2. The lowest BCUT2D eigenvalue weighted by molar-refractivity contribution is -0.383. The zero-order valence-electron chi connectivity index (χ0n) is 11.0. The van der Waals surface area contributed by atoms with E-state index in [1.54, 1.807) is 13.8 Å². The molecular formula is C12H18N2O4S. The van der Waals surface area contributed by atoms with Crippen molar-refractivity contribution in [2.45, 2.75) is 38.4 Å². The molecule has 6 nitrogen and oxygen atoms in total. The van der Waals surface area contributed by atoms with Crippen LogP contribution >= 0.6 is 11.3 Å². The van der Waals surface area contributed by atoms with E-state index < -0.39 is 16.6 Å². The number of aliphatic hydroxyl groups is 2. The third kappa shape index (κ3) is 3.05. The normalized spacial score (nSPS) is 25.4. The fourth-order valence-corrected chi connectivity index (χ4v) is 3.43. The van der Waals surface area contributed by atoms with Gasteiger partial charge in [0.15, 0.2) is 5.00 Å². The summed E-state index contributed by atoms with van der Waals surface area (Å²) in [5, 5.41) is 31.3. The van der Waals surface area contributed by atoms with Gasteiger partial charge in [-0.2, -0.15) is 0 Å². The number of anilines is 1. The minimum Gasteiger partial charge on any atom is -0.388 e. The van der Waals surface area contributed by atoms with Crippen LogP contribution in [0.4, 0.5) is 10.7 Å². The molecule has 0 aromatic carbocycles. The van der Waals surface area contributed by atoms with Crippen molar-refractivity contribution in [3.05, 3.63) is 21.1 Å². The highest BCUT2D eigenvalue weighted by molar-refractivity contribution is 7.16. The molecule has 1 aromatic heterocycles. The minimum absolute atomic E-state index is 0.0126. The molecule has 1 unspecified atom stereocenters. The lowest BCUT2D eigenvalue weighted by Crippen LogP contribution is -2.46. The molecule has 2 N–H and O–H groups in total. The smallest absolute Gasteiger partial charge is 0.304 e. The fraction of sp³-hybridized carbons (Fsp3) is 0.667. The van der Waals surface area contributed by atoms with Crippen LogP contribution in [-0.4, -0.2) is 33.8 Å². The van der Waals surface area contributed by atoms with Crippen molar-refractivity contribution < 1.29 is 15.1 Å². The van der Waals surface area contributed by atoms with Crippen LogP contribution in [0, 0.1) is 10.1 Å². The molecule has 0 radical (unpaired) electrons. The largest absolute Gasteiger partial charge is 0.388 e. The summed E-state index contributed by atoms with van der Waals surface area (Å²) in [6.07, 6.45) is 0.778. The first-order chi connectivity index (χ1) is 8.80. The fourth-order valence-electron chi connectivity index (χ4n) is 2.35. The van der Waals surface area contributed by atoms with Crippen molar-refractivity contribution in [1.82, 2.24) is 0 Å². The molecule has 2 atom stereocenters. The van der Waals surface area contributed by atoms with Gasteiger partial charge in [-0.25, -0.2) is 0 Å². The van der Waals surface area contributed by atoms with E-state index in [2.05, 4.69) is 0 Å². The molecule has 1 fully saturated rings. The predicted octanol–water partition coefficient (Wildman–Crippen LogP) is 2.06. The van der Waals surface area contributed by atoms with E-state index in [9.17, 15) is 20.3 Å². The van der Waals surface area contributed by atoms with Gasteiger partial charge in [0.25, 0.3) is 0 Å². The summed E-state index contributed by atoms with van der Waals surface area (Å²) < 4.78 is 0. The van der Waals surface area contributed by atoms with Crippen molar-refractivity contribution in [2.24, 2.45) is 0 Å². The average molecular weight is 286 g/mol. The van der Waals surface area contributed by atoms with Gasteiger partial charge in [-0.1, -0.05) is 0 Å². The summed E-state index contributed by atoms with van der Waals surface area (Å²) >= 11 is 1.23. The third-order valence-corrected chi connectivity index (χ3v) is 4.64.